The van der Waals surface area contributed by atoms with Crippen LogP contribution in [0.2, 0.25) is 0 Å². The fraction of sp³-hybridized carbons (Fsp3) is 0.148. The fourth-order valence-corrected chi connectivity index (χ4v) is 4.51. The second-order valence-electron chi connectivity index (χ2n) is 8.56. The van der Waals surface area contributed by atoms with Crippen molar-refractivity contribution in [3.63, 3.8) is 0 Å². The number of nitrogens with zero attached hydrogens (tertiary/aromatic N) is 1. The maximum Gasteiger partial charge on any atom is 0.216 e. The van der Waals surface area contributed by atoms with Crippen molar-refractivity contribution in [1.29, 1.82) is 0 Å². The van der Waals surface area contributed by atoms with Crippen LogP contribution in [0.15, 0.2) is 83.9 Å². The molecule has 140 valence electrons. The fourth-order valence-electron chi connectivity index (χ4n) is 4.51. The van der Waals surface area contributed by atoms with Crippen molar-refractivity contribution < 1.29 is 4.74 Å². The van der Waals surface area contributed by atoms with Crippen LogP contribution in [0.1, 0.15) is 19.4 Å². The minimum absolute atomic E-state index is 0.139. The van der Waals surface area contributed by atoms with Crippen molar-refractivity contribution in [3.8, 4) is 11.1 Å². The van der Waals surface area contributed by atoms with E-state index in [1.165, 1.54) is 43.4 Å². The Bertz CT molecular complexity index is 1390. The number of aliphatic imine (C=N–C) groups is 1. The maximum absolute atomic E-state index is 5.80. The molecule has 2 nitrogen and oxygen atoms in total. The Hall–Kier alpha value is -3.39. The van der Waals surface area contributed by atoms with Crippen molar-refractivity contribution in [2.24, 2.45) is 4.99 Å². The van der Waals surface area contributed by atoms with Crippen molar-refractivity contribution >= 4 is 38.2 Å². The van der Waals surface area contributed by atoms with Crippen LogP contribution >= 0.6 is 0 Å². The second kappa shape index (κ2) is 5.81. The van der Waals surface area contributed by atoms with Gasteiger partial charge >= 0.3 is 0 Å². The van der Waals surface area contributed by atoms with Crippen LogP contribution in [-0.2, 0) is 4.74 Å². The molecule has 0 saturated carbocycles. The molecule has 0 unspecified atom stereocenters. The molecule has 5 aromatic carbocycles. The summed E-state index contributed by atoms with van der Waals surface area (Å²) in [5.74, 6) is 0.747. The van der Waals surface area contributed by atoms with Gasteiger partial charge in [0.15, 0.2) is 0 Å². The molecule has 0 atom stereocenters. The van der Waals surface area contributed by atoms with Crippen molar-refractivity contribution in [2.45, 2.75) is 19.4 Å². The average Bonchev–Trinajstić information content (AvgIpc) is 3.12. The molecule has 0 N–H and O–H groups in total. The molecule has 29 heavy (non-hydrogen) atoms. The zero-order valence-corrected chi connectivity index (χ0v) is 16.6. The van der Waals surface area contributed by atoms with E-state index in [1.54, 1.807) is 0 Å². The number of hydrogen-bond acceptors (Lipinski definition) is 2. The van der Waals surface area contributed by atoms with Gasteiger partial charge in [-0.05, 0) is 69.4 Å². The third kappa shape index (κ3) is 2.52. The lowest BCUT2D eigenvalue weighted by molar-refractivity contribution is 0.279. The Labute approximate surface area is 169 Å². The van der Waals surface area contributed by atoms with Gasteiger partial charge in [0.2, 0.25) is 5.90 Å². The first-order valence-electron chi connectivity index (χ1n) is 10.1. The summed E-state index contributed by atoms with van der Waals surface area (Å²) in [5, 5.41) is 7.90. The Morgan fingerprint density at radius 2 is 1.31 bits per heavy atom. The third-order valence-corrected chi connectivity index (χ3v) is 5.94. The van der Waals surface area contributed by atoms with E-state index >= 15 is 0 Å². The molecule has 1 aliphatic rings. The summed E-state index contributed by atoms with van der Waals surface area (Å²) in [7, 11) is 0. The van der Waals surface area contributed by atoms with Crippen LogP contribution in [0.3, 0.4) is 0 Å². The molecule has 0 spiro atoms. The Balaban J connectivity index is 1.53. The van der Waals surface area contributed by atoms with E-state index < -0.39 is 0 Å². The van der Waals surface area contributed by atoms with Crippen LogP contribution in [0.4, 0.5) is 0 Å². The molecule has 0 bridgehead atoms. The second-order valence-corrected chi connectivity index (χ2v) is 8.56. The topological polar surface area (TPSA) is 21.6 Å². The van der Waals surface area contributed by atoms with Crippen LogP contribution < -0.4 is 0 Å². The summed E-state index contributed by atoms with van der Waals surface area (Å²) >= 11 is 0. The number of rotatable bonds is 2. The first-order chi connectivity index (χ1) is 14.1. The minimum Gasteiger partial charge on any atom is -0.475 e. The number of hydrogen-bond donors (Lipinski definition) is 0. The van der Waals surface area contributed by atoms with E-state index in [0.717, 1.165) is 11.5 Å². The van der Waals surface area contributed by atoms with Gasteiger partial charge in [0.1, 0.15) is 6.61 Å². The molecule has 0 saturated heterocycles. The molecular formula is C27H21NO. The largest absolute Gasteiger partial charge is 0.475 e. The molecular weight excluding hydrogens is 354 g/mol. The lowest BCUT2D eigenvalue weighted by Gasteiger charge is -2.14. The van der Waals surface area contributed by atoms with Crippen LogP contribution in [0, 0.1) is 0 Å². The number of ether oxygens (including phenoxy) is 1. The average molecular weight is 375 g/mol. The molecule has 1 heterocycles. The van der Waals surface area contributed by atoms with E-state index in [4.69, 9.17) is 9.73 Å². The summed E-state index contributed by atoms with van der Waals surface area (Å²) in [5.41, 5.74) is 3.37. The molecule has 2 heteroatoms. The normalized spacial score (nSPS) is 15.9. The van der Waals surface area contributed by atoms with Crippen molar-refractivity contribution in [3.05, 3.63) is 84.4 Å². The summed E-state index contributed by atoms with van der Waals surface area (Å²) in [6, 6.07) is 28.6. The molecule has 6 rings (SSSR count). The van der Waals surface area contributed by atoms with Crippen LogP contribution in [-0.4, -0.2) is 18.0 Å². The lowest BCUT2D eigenvalue weighted by atomic mass is 9.90. The summed E-state index contributed by atoms with van der Waals surface area (Å²) < 4.78 is 5.80. The molecule has 0 amide bonds. The van der Waals surface area contributed by atoms with Gasteiger partial charge in [0, 0.05) is 5.56 Å². The highest BCUT2D eigenvalue weighted by Gasteiger charge is 2.26. The van der Waals surface area contributed by atoms with Crippen molar-refractivity contribution in [2.75, 3.05) is 6.61 Å². The standard InChI is InChI=1S/C27H21NO/c1-27(2)16-29-26(28-27)21-10-6-17(7-11-21)22-14-12-20-9-8-18-4-3-5-19-13-15-23(22)25(20)24(18)19/h3-15H,16H2,1-2H3. The third-order valence-electron chi connectivity index (χ3n) is 5.94. The van der Waals surface area contributed by atoms with E-state index in [9.17, 15) is 0 Å². The maximum atomic E-state index is 5.80. The van der Waals surface area contributed by atoms with E-state index in [-0.39, 0.29) is 5.54 Å². The zero-order valence-electron chi connectivity index (χ0n) is 16.6. The first-order valence-corrected chi connectivity index (χ1v) is 10.1. The van der Waals surface area contributed by atoms with Gasteiger partial charge in [0.25, 0.3) is 0 Å². The summed E-state index contributed by atoms with van der Waals surface area (Å²) in [6.45, 7) is 4.83. The van der Waals surface area contributed by atoms with Gasteiger partial charge in [0.05, 0.1) is 5.54 Å². The van der Waals surface area contributed by atoms with Gasteiger partial charge in [-0.15, -0.1) is 0 Å². The molecule has 1 aliphatic heterocycles. The Morgan fingerprint density at radius 3 is 2.00 bits per heavy atom. The highest BCUT2D eigenvalue weighted by Crippen LogP contribution is 2.39. The summed E-state index contributed by atoms with van der Waals surface area (Å²) in [4.78, 5) is 4.69. The predicted octanol–water partition coefficient (Wildman–Crippen LogP) is 6.81. The van der Waals surface area contributed by atoms with E-state index in [1.807, 2.05) is 0 Å². The van der Waals surface area contributed by atoms with Crippen LogP contribution in [0.25, 0.3) is 43.4 Å². The van der Waals surface area contributed by atoms with Gasteiger partial charge in [-0.3, -0.25) is 0 Å². The smallest absolute Gasteiger partial charge is 0.216 e. The lowest BCUT2D eigenvalue weighted by Crippen LogP contribution is -2.17. The van der Waals surface area contributed by atoms with Crippen molar-refractivity contribution in [1.82, 2.24) is 0 Å². The monoisotopic (exact) mass is 375 g/mol. The zero-order chi connectivity index (χ0) is 19.6. The molecule has 0 fully saturated rings. The van der Waals surface area contributed by atoms with Crippen LogP contribution in [0.5, 0.6) is 0 Å². The molecule has 0 aromatic heterocycles. The highest BCUT2D eigenvalue weighted by molar-refractivity contribution is 6.25. The van der Waals surface area contributed by atoms with Gasteiger partial charge in [-0.25, -0.2) is 4.99 Å². The Kier molecular flexibility index (Phi) is 3.31. The molecule has 0 radical (unpaired) electrons. The highest BCUT2D eigenvalue weighted by atomic mass is 16.5. The Morgan fingerprint density at radius 1 is 0.690 bits per heavy atom. The molecule has 0 aliphatic carbocycles. The van der Waals surface area contributed by atoms with E-state index in [0.29, 0.717) is 6.61 Å². The first kappa shape index (κ1) is 16.6. The number of benzene rings is 5. The van der Waals surface area contributed by atoms with E-state index in [2.05, 4.69) is 92.7 Å². The summed E-state index contributed by atoms with van der Waals surface area (Å²) in [6.07, 6.45) is 0. The minimum atomic E-state index is -0.139. The predicted molar refractivity (Wildman–Crippen MR) is 122 cm³/mol. The molecule has 5 aromatic rings. The quantitative estimate of drug-likeness (QED) is 0.311. The van der Waals surface area contributed by atoms with Gasteiger partial charge < -0.3 is 4.74 Å². The van der Waals surface area contributed by atoms with Gasteiger partial charge in [-0.2, -0.15) is 0 Å². The SMILES string of the molecule is CC1(C)COC(c2ccc(-c3ccc4ccc5cccc6ccc3c4c56)cc2)=N1. The van der Waals surface area contributed by atoms with Gasteiger partial charge in [-0.1, -0.05) is 66.7 Å².